The average Bonchev–Trinajstić information content (AvgIpc) is 2.87. The highest BCUT2D eigenvalue weighted by Gasteiger charge is 2.68. The van der Waals surface area contributed by atoms with Crippen LogP contribution in [0.5, 0.6) is 0 Å². The maximum Gasteiger partial charge on any atom is 0.129 e. The van der Waals surface area contributed by atoms with Crippen molar-refractivity contribution in [3.63, 3.8) is 0 Å². The summed E-state index contributed by atoms with van der Waals surface area (Å²) >= 11 is 0. The molecule has 22 heavy (non-hydrogen) atoms. The van der Waals surface area contributed by atoms with Gasteiger partial charge in [-0.3, -0.25) is 0 Å². The second-order valence-electron chi connectivity index (χ2n) is 6.75. The number of hydrogen-bond acceptors (Lipinski definition) is 1. The molecule has 3 heteroatoms. The summed E-state index contributed by atoms with van der Waals surface area (Å²) in [4.78, 5) is 0. The average molecular weight is 299 g/mol. The van der Waals surface area contributed by atoms with E-state index in [2.05, 4.69) is 17.4 Å². The quantitative estimate of drug-likeness (QED) is 0.908. The summed E-state index contributed by atoms with van der Waals surface area (Å²) in [5, 5.41) is 3.42. The van der Waals surface area contributed by atoms with Crippen LogP contribution >= 0.6 is 0 Å². The lowest BCUT2D eigenvalue weighted by atomic mass is 9.80. The van der Waals surface area contributed by atoms with Crippen molar-refractivity contribution >= 4 is 0 Å². The first-order valence-corrected chi connectivity index (χ1v) is 7.86. The maximum atomic E-state index is 14.5. The Morgan fingerprint density at radius 3 is 2.55 bits per heavy atom. The van der Waals surface area contributed by atoms with E-state index < -0.39 is 11.6 Å². The molecule has 4 rings (SSSR count). The number of rotatable bonds is 3. The van der Waals surface area contributed by atoms with Gasteiger partial charge in [-0.25, -0.2) is 8.78 Å². The van der Waals surface area contributed by atoms with Crippen molar-refractivity contribution in [1.29, 1.82) is 0 Å². The molecule has 1 saturated heterocycles. The first-order chi connectivity index (χ1) is 10.7. The van der Waals surface area contributed by atoms with Gasteiger partial charge < -0.3 is 5.32 Å². The molecule has 2 unspecified atom stereocenters. The third-order valence-electron chi connectivity index (χ3n) is 5.57. The summed E-state index contributed by atoms with van der Waals surface area (Å²) in [6.45, 7) is 1.91. The first-order valence-electron chi connectivity index (χ1n) is 7.86. The second-order valence-corrected chi connectivity index (χ2v) is 6.75. The molecule has 1 heterocycles. The number of nitrogens with one attached hydrogen (secondary N) is 1. The lowest BCUT2D eigenvalue weighted by molar-refractivity contribution is 0.431. The van der Waals surface area contributed by atoms with E-state index in [4.69, 9.17) is 0 Å². The van der Waals surface area contributed by atoms with Crippen LogP contribution in [0.1, 0.15) is 24.0 Å². The van der Waals surface area contributed by atoms with Crippen LogP contribution in [0.15, 0.2) is 48.5 Å². The Morgan fingerprint density at radius 1 is 1.05 bits per heavy atom. The third-order valence-corrected chi connectivity index (χ3v) is 5.57. The van der Waals surface area contributed by atoms with Gasteiger partial charge in [0, 0.05) is 18.0 Å². The van der Waals surface area contributed by atoms with E-state index in [-0.39, 0.29) is 10.8 Å². The Morgan fingerprint density at radius 2 is 1.86 bits per heavy atom. The van der Waals surface area contributed by atoms with Gasteiger partial charge >= 0.3 is 0 Å². The van der Waals surface area contributed by atoms with Crippen molar-refractivity contribution in [3.05, 3.63) is 71.3 Å². The van der Waals surface area contributed by atoms with E-state index in [1.165, 1.54) is 11.6 Å². The van der Waals surface area contributed by atoms with Gasteiger partial charge in [0.25, 0.3) is 0 Å². The van der Waals surface area contributed by atoms with E-state index in [0.29, 0.717) is 5.56 Å². The lowest BCUT2D eigenvalue weighted by Crippen LogP contribution is -2.25. The highest BCUT2D eigenvalue weighted by Crippen LogP contribution is 2.69. The van der Waals surface area contributed by atoms with Crippen molar-refractivity contribution in [3.8, 4) is 0 Å². The molecule has 0 bridgehead atoms. The summed E-state index contributed by atoms with van der Waals surface area (Å²) in [6.07, 6.45) is 2.86. The molecule has 1 saturated carbocycles. The van der Waals surface area contributed by atoms with Crippen molar-refractivity contribution in [2.45, 2.75) is 24.7 Å². The van der Waals surface area contributed by atoms with Crippen LogP contribution in [0.25, 0.3) is 0 Å². The van der Waals surface area contributed by atoms with Crippen LogP contribution in [0.2, 0.25) is 0 Å². The summed E-state index contributed by atoms with van der Waals surface area (Å²) in [5.41, 5.74) is 1.83. The summed E-state index contributed by atoms with van der Waals surface area (Å²) in [7, 11) is 0. The summed E-state index contributed by atoms with van der Waals surface area (Å²) in [6, 6.07) is 14.3. The normalized spacial score (nSPS) is 29.9. The topological polar surface area (TPSA) is 12.0 Å². The molecule has 0 radical (unpaired) electrons. The third kappa shape index (κ3) is 1.99. The molecular formula is C19H19F2N. The molecule has 1 spiro atoms. The minimum atomic E-state index is -0.504. The van der Waals surface area contributed by atoms with Crippen LogP contribution in [0.3, 0.4) is 0 Å². The fraction of sp³-hybridized carbons (Fsp3) is 0.368. The molecular weight excluding hydrogens is 280 g/mol. The van der Waals surface area contributed by atoms with Crippen LogP contribution in [-0.2, 0) is 11.8 Å². The van der Waals surface area contributed by atoms with Crippen molar-refractivity contribution < 1.29 is 8.78 Å². The number of benzene rings is 2. The highest BCUT2D eigenvalue weighted by atomic mass is 19.1. The zero-order valence-corrected chi connectivity index (χ0v) is 12.4. The zero-order chi connectivity index (χ0) is 15.2. The minimum absolute atomic E-state index is 0.126. The van der Waals surface area contributed by atoms with Gasteiger partial charge in [0.2, 0.25) is 0 Å². The van der Waals surface area contributed by atoms with Crippen molar-refractivity contribution in [1.82, 2.24) is 5.32 Å². The van der Waals surface area contributed by atoms with Gasteiger partial charge in [-0.05, 0) is 48.4 Å². The van der Waals surface area contributed by atoms with Crippen LogP contribution in [0.4, 0.5) is 8.78 Å². The van der Waals surface area contributed by atoms with Gasteiger partial charge in [0.05, 0.1) is 0 Å². The molecule has 2 atom stereocenters. The predicted octanol–water partition coefficient (Wildman–Crippen LogP) is 3.83. The van der Waals surface area contributed by atoms with Gasteiger partial charge in [0.15, 0.2) is 0 Å². The minimum Gasteiger partial charge on any atom is -0.316 e. The van der Waals surface area contributed by atoms with Crippen LogP contribution in [0, 0.1) is 17.0 Å². The monoisotopic (exact) mass is 299 g/mol. The molecule has 0 aromatic heterocycles. The largest absolute Gasteiger partial charge is 0.316 e. The molecule has 2 aromatic rings. The summed E-state index contributed by atoms with van der Waals surface area (Å²) < 4.78 is 27.8. The van der Waals surface area contributed by atoms with E-state index in [0.717, 1.165) is 38.4 Å². The Labute approximate surface area is 129 Å². The second kappa shape index (κ2) is 4.88. The molecule has 2 fully saturated rings. The number of halogens is 2. The summed E-state index contributed by atoms with van der Waals surface area (Å²) in [5.74, 6) is -0.907. The van der Waals surface area contributed by atoms with Gasteiger partial charge in [-0.15, -0.1) is 0 Å². The lowest BCUT2D eigenvalue weighted by Gasteiger charge is -2.24. The standard InChI is InChI=1S/C19H19F2N/c20-15-6-7-16(17(21)10-15)19(11-14-4-2-1-3-5-14)12-18(19)8-9-22-13-18/h1-7,10,22H,8-9,11-13H2. The van der Waals surface area contributed by atoms with Crippen LogP contribution in [-0.4, -0.2) is 13.1 Å². The fourth-order valence-corrected chi connectivity index (χ4v) is 4.38. The SMILES string of the molecule is Fc1ccc(C2(Cc3ccccc3)CC23CCNC3)c(F)c1. The van der Waals surface area contributed by atoms with Gasteiger partial charge in [-0.2, -0.15) is 0 Å². The Balaban J connectivity index is 1.77. The maximum absolute atomic E-state index is 14.5. The number of hydrogen-bond donors (Lipinski definition) is 1. The smallest absolute Gasteiger partial charge is 0.129 e. The van der Waals surface area contributed by atoms with Gasteiger partial charge in [0.1, 0.15) is 11.6 Å². The van der Waals surface area contributed by atoms with Crippen LogP contribution < -0.4 is 5.32 Å². The van der Waals surface area contributed by atoms with E-state index in [9.17, 15) is 8.78 Å². The van der Waals surface area contributed by atoms with E-state index >= 15 is 0 Å². The Kier molecular flexibility index (Phi) is 3.08. The fourth-order valence-electron chi connectivity index (χ4n) is 4.38. The van der Waals surface area contributed by atoms with Crippen molar-refractivity contribution in [2.24, 2.45) is 5.41 Å². The van der Waals surface area contributed by atoms with E-state index in [1.807, 2.05) is 18.2 Å². The molecule has 2 aliphatic rings. The molecule has 1 aliphatic carbocycles. The van der Waals surface area contributed by atoms with Gasteiger partial charge in [-0.1, -0.05) is 36.4 Å². The first kappa shape index (κ1) is 13.9. The van der Waals surface area contributed by atoms with E-state index in [1.54, 1.807) is 6.07 Å². The Hall–Kier alpha value is -1.74. The Bertz CT molecular complexity index is 692. The molecule has 1 N–H and O–H groups in total. The predicted molar refractivity (Wildman–Crippen MR) is 82.7 cm³/mol. The zero-order valence-electron chi connectivity index (χ0n) is 12.4. The highest BCUT2D eigenvalue weighted by molar-refractivity contribution is 5.43. The molecule has 1 aliphatic heterocycles. The molecule has 0 amide bonds. The molecule has 114 valence electrons. The van der Waals surface area contributed by atoms with Crippen molar-refractivity contribution in [2.75, 3.05) is 13.1 Å². The molecule has 1 nitrogen and oxygen atoms in total. The molecule has 2 aromatic carbocycles.